The molecule has 0 saturated carbocycles. The zero-order chi connectivity index (χ0) is 13.1. The van der Waals surface area contributed by atoms with Crippen LogP contribution in [-0.4, -0.2) is 17.2 Å². The number of rotatable bonds is 4. The quantitative estimate of drug-likeness (QED) is 0.872. The van der Waals surface area contributed by atoms with E-state index in [2.05, 4.69) is 43.0 Å². The molecule has 2 rings (SSSR count). The Morgan fingerprint density at radius 1 is 1.22 bits per heavy atom. The Hall–Kier alpha value is -1.02. The van der Waals surface area contributed by atoms with E-state index >= 15 is 0 Å². The Morgan fingerprint density at radius 2 is 1.89 bits per heavy atom. The van der Waals surface area contributed by atoms with Crippen molar-refractivity contribution >= 4 is 5.69 Å². The normalized spacial score (nSPS) is 25.4. The van der Waals surface area contributed by atoms with Gasteiger partial charge in [0.15, 0.2) is 0 Å². The van der Waals surface area contributed by atoms with Crippen LogP contribution in [0.25, 0.3) is 0 Å². The number of nitrogens with zero attached hydrogens (tertiary/aromatic N) is 1. The molecule has 0 bridgehead atoms. The average Bonchev–Trinajstić information content (AvgIpc) is 2.79. The van der Waals surface area contributed by atoms with Crippen molar-refractivity contribution in [3.05, 3.63) is 29.8 Å². The zero-order valence-electron chi connectivity index (χ0n) is 11.8. The lowest BCUT2D eigenvalue weighted by atomic mass is 10.1. The molecule has 0 amide bonds. The van der Waals surface area contributed by atoms with Crippen molar-refractivity contribution in [1.82, 2.24) is 0 Å². The van der Waals surface area contributed by atoms with Crippen LogP contribution in [0.3, 0.4) is 0 Å². The van der Waals surface area contributed by atoms with Crippen molar-refractivity contribution in [2.45, 2.75) is 64.6 Å². The second-order valence-corrected chi connectivity index (χ2v) is 5.41. The van der Waals surface area contributed by atoms with Gasteiger partial charge in [0.1, 0.15) is 0 Å². The molecule has 100 valence electrons. The van der Waals surface area contributed by atoms with Crippen molar-refractivity contribution in [3.8, 4) is 0 Å². The molecular weight excluding hydrogens is 222 g/mol. The van der Waals surface area contributed by atoms with E-state index in [1.165, 1.54) is 24.9 Å². The molecule has 0 radical (unpaired) electrons. The minimum Gasteiger partial charge on any atom is -0.388 e. The van der Waals surface area contributed by atoms with Crippen molar-refractivity contribution in [3.63, 3.8) is 0 Å². The summed E-state index contributed by atoms with van der Waals surface area (Å²) in [5.74, 6) is 0. The average molecular weight is 247 g/mol. The molecule has 3 atom stereocenters. The SMILES string of the molecule is CCC(O)c1ccc(N2C(C)CCC2CC)cc1. The molecule has 1 saturated heterocycles. The van der Waals surface area contributed by atoms with Crippen LogP contribution in [-0.2, 0) is 0 Å². The number of anilines is 1. The van der Waals surface area contributed by atoms with Gasteiger partial charge in [-0.3, -0.25) is 0 Å². The van der Waals surface area contributed by atoms with Crippen LogP contribution >= 0.6 is 0 Å². The maximum Gasteiger partial charge on any atom is 0.0787 e. The number of aliphatic hydroxyl groups is 1. The third kappa shape index (κ3) is 2.54. The Balaban J connectivity index is 2.18. The second-order valence-electron chi connectivity index (χ2n) is 5.41. The maximum atomic E-state index is 9.82. The number of hydrogen-bond acceptors (Lipinski definition) is 2. The molecule has 18 heavy (non-hydrogen) atoms. The van der Waals surface area contributed by atoms with Crippen molar-refractivity contribution in [1.29, 1.82) is 0 Å². The highest BCUT2D eigenvalue weighted by atomic mass is 16.3. The molecule has 1 aliphatic heterocycles. The number of benzene rings is 1. The predicted octanol–water partition coefficient (Wildman–Crippen LogP) is 3.90. The van der Waals surface area contributed by atoms with E-state index < -0.39 is 0 Å². The van der Waals surface area contributed by atoms with Gasteiger partial charge in [-0.1, -0.05) is 26.0 Å². The van der Waals surface area contributed by atoms with Crippen LogP contribution < -0.4 is 4.90 Å². The molecule has 1 aromatic rings. The van der Waals surface area contributed by atoms with E-state index in [9.17, 15) is 5.11 Å². The van der Waals surface area contributed by atoms with Gasteiger partial charge in [0.05, 0.1) is 6.10 Å². The maximum absolute atomic E-state index is 9.82. The summed E-state index contributed by atoms with van der Waals surface area (Å²) in [4.78, 5) is 2.54. The largest absolute Gasteiger partial charge is 0.388 e. The van der Waals surface area contributed by atoms with Crippen molar-refractivity contribution < 1.29 is 5.11 Å². The van der Waals surface area contributed by atoms with Gasteiger partial charge in [0.2, 0.25) is 0 Å². The van der Waals surface area contributed by atoms with Crippen molar-refractivity contribution in [2.24, 2.45) is 0 Å². The minimum atomic E-state index is -0.322. The Morgan fingerprint density at radius 3 is 2.44 bits per heavy atom. The van der Waals surface area contributed by atoms with Gasteiger partial charge in [-0.2, -0.15) is 0 Å². The molecule has 1 heterocycles. The molecule has 1 N–H and O–H groups in total. The number of aliphatic hydroxyl groups excluding tert-OH is 1. The first kappa shape index (κ1) is 13.4. The van der Waals surface area contributed by atoms with E-state index in [1.807, 2.05) is 6.92 Å². The van der Waals surface area contributed by atoms with Gasteiger partial charge in [-0.25, -0.2) is 0 Å². The molecule has 3 unspecified atom stereocenters. The Kier molecular flexibility index (Phi) is 4.28. The van der Waals surface area contributed by atoms with E-state index in [0.29, 0.717) is 12.1 Å². The van der Waals surface area contributed by atoms with Crippen LogP contribution in [0.5, 0.6) is 0 Å². The molecule has 1 aromatic carbocycles. The molecule has 2 nitrogen and oxygen atoms in total. The second kappa shape index (κ2) is 5.75. The summed E-state index contributed by atoms with van der Waals surface area (Å²) < 4.78 is 0. The fraction of sp³-hybridized carbons (Fsp3) is 0.625. The van der Waals surface area contributed by atoms with Crippen molar-refractivity contribution in [2.75, 3.05) is 4.90 Å². The summed E-state index contributed by atoms with van der Waals surface area (Å²) in [6.07, 6.45) is 4.26. The zero-order valence-corrected chi connectivity index (χ0v) is 11.8. The van der Waals surface area contributed by atoms with E-state index in [1.54, 1.807) is 0 Å². The predicted molar refractivity (Wildman–Crippen MR) is 76.9 cm³/mol. The van der Waals surface area contributed by atoms with Gasteiger partial charge in [0.25, 0.3) is 0 Å². The molecular formula is C16H25NO. The van der Waals surface area contributed by atoms with Crippen LogP contribution in [0.15, 0.2) is 24.3 Å². The third-order valence-electron chi connectivity index (χ3n) is 4.22. The van der Waals surface area contributed by atoms with E-state index in [4.69, 9.17) is 0 Å². The van der Waals surface area contributed by atoms with Crippen LogP contribution in [0.1, 0.15) is 58.1 Å². The third-order valence-corrected chi connectivity index (χ3v) is 4.22. The lowest BCUT2D eigenvalue weighted by molar-refractivity contribution is 0.173. The highest BCUT2D eigenvalue weighted by Gasteiger charge is 2.29. The van der Waals surface area contributed by atoms with Crippen LogP contribution in [0.2, 0.25) is 0 Å². The van der Waals surface area contributed by atoms with Gasteiger partial charge < -0.3 is 10.0 Å². The smallest absolute Gasteiger partial charge is 0.0787 e. The van der Waals surface area contributed by atoms with E-state index in [0.717, 1.165) is 12.0 Å². The Labute approximate surface area is 111 Å². The summed E-state index contributed by atoms with van der Waals surface area (Å²) >= 11 is 0. The fourth-order valence-electron chi connectivity index (χ4n) is 3.04. The summed E-state index contributed by atoms with van der Waals surface area (Å²) in [6.45, 7) is 6.59. The number of hydrogen-bond donors (Lipinski definition) is 1. The summed E-state index contributed by atoms with van der Waals surface area (Å²) in [5, 5.41) is 9.82. The first-order chi connectivity index (χ1) is 8.67. The first-order valence-corrected chi connectivity index (χ1v) is 7.23. The lowest BCUT2D eigenvalue weighted by Crippen LogP contribution is -2.33. The monoisotopic (exact) mass is 247 g/mol. The highest BCUT2D eigenvalue weighted by Crippen LogP contribution is 2.32. The Bertz CT molecular complexity index is 373. The molecule has 1 aliphatic rings. The molecule has 0 spiro atoms. The summed E-state index contributed by atoms with van der Waals surface area (Å²) in [6, 6.07) is 9.79. The fourth-order valence-corrected chi connectivity index (χ4v) is 3.04. The van der Waals surface area contributed by atoms with Crippen LogP contribution in [0.4, 0.5) is 5.69 Å². The molecule has 0 aliphatic carbocycles. The van der Waals surface area contributed by atoms with Crippen LogP contribution in [0, 0.1) is 0 Å². The molecule has 0 aromatic heterocycles. The molecule has 2 heteroatoms. The highest BCUT2D eigenvalue weighted by molar-refractivity contribution is 5.50. The summed E-state index contributed by atoms with van der Waals surface area (Å²) in [7, 11) is 0. The minimum absolute atomic E-state index is 0.322. The van der Waals surface area contributed by atoms with Gasteiger partial charge in [-0.15, -0.1) is 0 Å². The van der Waals surface area contributed by atoms with E-state index in [-0.39, 0.29) is 6.10 Å². The van der Waals surface area contributed by atoms with Gasteiger partial charge >= 0.3 is 0 Å². The standard InChI is InChI=1S/C16H25NO/c1-4-14-9-6-12(3)17(14)15-10-7-13(8-11-15)16(18)5-2/h7-8,10-12,14,16,18H,4-6,9H2,1-3H3. The van der Waals surface area contributed by atoms with Gasteiger partial charge in [0, 0.05) is 17.8 Å². The lowest BCUT2D eigenvalue weighted by Gasteiger charge is -2.30. The summed E-state index contributed by atoms with van der Waals surface area (Å²) in [5.41, 5.74) is 2.33. The topological polar surface area (TPSA) is 23.5 Å². The van der Waals surface area contributed by atoms with Gasteiger partial charge in [-0.05, 0) is 50.3 Å². The molecule has 1 fully saturated rings. The first-order valence-electron chi connectivity index (χ1n) is 7.23.